The third-order valence-corrected chi connectivity index (χ3v) is 6.70. The number of carbonyl (C=O) groups excluding carboxylic acids is 1. The van der Waals surface area contributed by atoms with Crippen LogP contribution in [0.3, 0.4) is 0 Å². The maximum atomic E-state index is 12.6. The second-order valence-electron chi connectivity index (χ2n) is 6.60. The lowest BCUT2D eigenvalue weighted by atomic mass is 10.1. The first-order valence-corrected chi connectivity index (χ1v) is 11.6. The molecule has 2 aromatic heterocycles. The van der Waals surface area contributed by atoms with E-state index in [0.717, 1.165) is 16.8 Å². The van der Waals surface area contributed by atoms with Crippen molar-refractivity contribution in [2.75, 3.05) is 25.3 Å². The molecule has 0 bridgehead atoms. The third kappa shape index (κ3) is 4.38. The molecule has 2 aromatic carbocycles. The normalized spacial score (nSPS) is 10.9. The number of methoxy groups -OCH3 is 2. The number of hydrogen-bond acceptors (Lipinski definition) is 7. The van der Waals surface area contributed by atoms with Crippen LogP contribution >= 0.6 is 23.1 Å². The Kier molecular flexibility index (Phi) is 6.43. The summed E-state index contributed by atoms with van der Waals surface area (Å²) in [6, 6.07) is 13.5. The minimum absolute atomic E-state index is 0.162. The monoisotopic (exact) mass is 454 g/mol. The van der Waals surface area contributed by atoms with Crippen molar-refractivity contribution in [3.8, 4) is 22.9 Å². The highest BCUT2D eigenvalue weighted by Crippen LogP contribution is 2.34. The summed E-state index contributed by atoms with van der Waals surface area (Å²) in [7, 11) is 3.14. The van der Waals surface area contributed by atoms with Gasteiger partial charge in [0.1, 0.15) is 11.5 Å². The van der Waals surface area contributed by atoms with E-state index in [0.29, 0.717) is 28.9 Å². The fourth-order valence-corrected chi connectivity index (χ4v) is 5.00. The van der Waals surface area contributed by atoms with Gasteiger partial charge in [-0.05, 0) is 25.1 Å². The molecule has 1 amide bonds. The number of anilines is 1. The highest BCUT2D eigenvalue weighted by Gasteiger charge is 2.18. The van der Waals surface area contributed by atoms with Crippen LogP contribution in [0.5, 0.6) is 11.5 Å². The highest BCUT2D eigenvalue weighted by atomic mass is 32.2. The van der Waals surface area contributed by atoms with Gasteiger partial charge in [0, 0.05) is 33.6 Å². The molecule has 0 unspecified atom stereocenters. The number of rotatable bonds is 8. The Morgan fingerprint density at radius 1 is 1.16 bits per heavy atom. The van der Waals surface area contributed by atoms with Gasteiger partial charge in [-0.15, -0.1) is 21.5 Å². The van der Waals surface area contributed by atoms with Crippen molar-refractivity contribution in [3.05, 3.63) is 47.8 Å². The van der Waals surface area contributed by atoms with Gasteiger partial charge in [-0.3, -0.25) is 4.79 Å². The van der Waals surface area contributed by atoms with Crippen molar-refractivity contribution in [1.82, 2.24) is 14.8 Å². The Balaban J connectivity index is 1.50. The van der Waals surface area contributed by atoms with Crippen molar-refractivity contribution >= 4 is 44.8 Å². The van der Waals surface area contributed by atoms with Crippen molar-refractivity contribution < 1.29 is 14.3 Å². The Hall–Kier alpha value is -3.04. The molecule has 0 fully saturated rings. The van der Waals surface area contributed by atoms with E-state index in [1.165, 1.54) is 16.5 Å². The summed E-state index contributed by atoms with van der Waals surface area (Å²) in [4.78, 5) is 12.6. The minimum atomic E-state index is -0.162. The predicted molar refractivity (Wildman–Crippen MR) is 125 cm³/mol. The fraction of sp³-hybridized carbons (Fsp3) is 0.227. The zero-order valence-corrected chi connectivity index (χ0v) is 19.0. The molecule has 0 aliphatic heterocycles. The molecular weight excluding hydrogens is 432 g/mol. The molecule has 0 spiro atoms. The lowest BCUT2D eigenvalue weighted by molar-refractivity contribution is -0.113. The summed E-state index contributed by atoms with van der Waals surface area (Å²) in [5.41, 5.74) is 1.63. The van der Waals surface area contributed by atoms with Gasteiger partial charge in [-0.2, -0.15) is 0 Å². The number of carbonyl (C=O) groups is 1. The molecule has 0 aliphatic rings. The average Bonchev–Trinajstić information content (AvgIpc) is 3.40. The van der Waals surface area contributed by atoms with Gasteiger partial charge in [-0.1, -0.05) is 30.0 Å². The molecule has 9 heteroatoms. The smallest absolute Gasteiger partial charge is 0.234 e. The molecule has 1 N–H and O–H groups in total. The summed E-state index contributed by atoms with van der Waals surface area (Å²) in [6.07, 6.45) is 0. The van der Waals surface area contributed by atoms with E-state index in [1.807, 2.05) is 23.6 Å². The van der Waals surface area contributed by atoms with Crippen LogP contribution in [0, 0.1) is 0 Å². The van der Waals surface area contributed by atoms with E-state index in [4.69, 9.17) is 9.47 Å². The predicted octanol–water partition coefficient (Wildman–Crippen LogP) is 4.93. The zero-order chi connectivity index (χ0) is 21.8. The van der Waals surface area contributed by atoms with E-state index in [9.17, 15) is 4.79 Å². The Labute approximate surface area is 188 Å². The number of thiophene rings is 1. The molecule has 4 rings (SSSR count). The number of fused-ring (bicyclic) bond motifs is 1. The second-order valence-corrected chi connectivity index (χ2v) is 8.45. The van der Waals surface area contributed by atoms with Gasteiger partial charge < -0.3 is 19.4 Å². The van der Waals surface area contributed by atoms with Gasteiger partial charge in [-0.25, -0.2) is 0 Å². The van der Waals surface area contributed by atoms with Crippen LogP contribution in [0.15, 0.2) is 53.0 Å². The molecule has 2 heterocycles. The quantitative estimate of drug-likeness (QED) is 0.381. The SMILES string of the molecule is CCn1c(SCC(=O)Nc2cc(OC)ccc2OC)nnc1-c1csc2ccccc12. The van der Waals surface area contributed by atoms with Crippen LogP contribution in [-0.2, 0) is 11.3 Å². The standard InChI is InChI=1S/C22H22N4O3S2/c1-4-26-21(16-12-30-19-8-6-5-7-15(16)19)24-25-22(26)31-13-20(27)23-17-11-14(28-2)9-10-18(17)29-3/h5-12H,4,13H2,1-3H3,(H,23,27). The summed E-state index contributed by atoms with van der Waals surface area (Å²) >= 11 is 3.04. The Bertz CT molecular complexity index is 1220. The fourth-order valence-electron chi connectivity index (χ4n) is 3.26. The Morgan fingerprint density at radius 3 is 2.77 bits per heavy atom. The largest absolute Gasteiger partial charge is 0.497 e. The van der Waals surface area contributed by atoms with Gasteiger partial charge in [0.2, 0.25) is 5.91 Å². The van der Waals surface area contributed by atoms with Crippen LogP contribution in [0.4, 0.5) is 5.69 Å². The van der Waals surface area contributed by atoms with Crippen molar-refractivity contribution in [1.29, 1.82) is 0 Å². The molecule has 160 valence electrons. The lowest BCUT2D eigenvalue weighted by Crippen LogP contribution is -2.15. The molecule has 0 atom stereocenters. The molecule has 7 nitrogen and oxygen atoms in total. The minimum Gasteiger partial charge on any atom is -0.497 e. The third-order valence-electron chi connectivity index (χ3n) is 4.77. The number of nitrogens with zero attached hydrogens (tertiary/aromatic N) is 3. The van der Waals surface area contributed by atoms with Crippen molar-refractivity contribution in [2.24, 2.45) is 0 Å². The van der Waals surface area contributed by atoms with E-state index < -0.39 is 0 Å². The van der Waals surface area contributed by atoms with Crippen molar-refractivity contribution in [2.45, 2.75) is 18.6 Å². The van der Waals surface area contributed by atoms with E-state index in [-0.39, 0.29) is 11.7 Å². The topological polar surface area (TPSA) is 78.3 Å². The number of thioether (sulfide) groups is 1. The van der Waals surface area contributed by atoms with Gasteiger partial charge >= 0.3 is 0 Å². The van der Waals surface area contributed by atoms with Crippen LogP contribution in [0.25, 0.3) is 21.5 Å². The average molecular weight is 455 g/mol. The summed E-state index contributed by atoms with van der Waals surface area (Å²) < 4.78 is 13.8. The summed E-state index contributed by atoms with van der Waals surface area (Å²) in [5.74, 6) is 2.06. The maximum Gasteiger partial charge on any atom is 0.234 e. The van der Waals surface area contributed by atoms with Crippen LogP contribution in [0.1, 0.15) is 6.92 Å². The van der Waals surface area contributed by atoms with Crippen LogP contribution in [0.2, 0.25) is 0 Å². The number of benzene rings is 2. The molecular formula is C22H22N4O3S2. The van der Waals surface area contributed by atoms with Crippen LogP contribution < -0.4 is 14.8 Å². The molecule has 0 saturated heterocycles. The summed E-state index contributed by atoms with van der Waals surface area (Å²) in [6.45, 7) is 2.76. The second kappa shape index (κ2) is 9.40. The molecule has 0 radical (unpaired) electrons. The maximum absolute atomic E-state index is 12.6. The number of nitrogens with one attached hydrogen (secondary N) is 1. The lowest BCUT2D eigenvalue weighted by Gasteiger charge is -2.12. The molecule has 31 heavy (non-hydrogen) atoms. The Morgan fingerprint density at radius 2 is 2.00 bits per heavy atom. The summed E-state index contributed by atoms with van der Waals surface area (Å²) in [5, 5.41) is 15.6. The zero-order valence-electron chi connectivity index (χ0n) is 17.4. The van der Waals surface area contributed by atoms with E-state index >= 15 is 0 Å². The first kappa shape index (κ1) is 21.2. The number of ether oxygens (including phenoxy) is 2. The van der Waals surface area contributed by atoms with E-state index in [1.54, 1.807) is 43.8 Å². The number of amides is 1. The number of aromatic nitrogens is 3. The first-order valence-electron chi connectivity index (χ1n) is 9.69. The number of hydrogen-bond donors (Lipinski definition) is 1. The van der Waals surface area contributed by atoms with Crippen LogP contribution in [-0.4, -0.2) is 40.6 Å². The molecule has 0 aliphatic carbocycles. The highest BCUT2D eigenvalue weighted by molar-refractivity contribution is 7.99. The van der Waals surface area contributed by atoms with Gasteiger partial charge in [0.15, 0.2) is 11.0 Å². The molecule has 4 aromatic rings. The van der Waals surface area contributed by atoms with Gasteiger partial charge in [0.25, 0.3) is 0 Å². The van der Waals surface area contributed by atoms with Gasteiger partial charge in [0.05, 0.1) is 25.7 Å². The molecule has 0 saturated carbocycles. The van der Waals surface area contributed by atoms with Crippen molar-refractivity contribution in [3.63, 3.8) is 0 Å². The van der Waals surface area contributed by atoms with E-state index in [2.05, 4.69) is 33.0 Å². The first-order chi connectivity index (χ1) is 15.1.